The lowest BCUT2D eigenvalue weighted by Crippen LogP contribution is -2.27. The number of hydrogen-bond donors (Lipinski definition) is 2. The summed E-state index contributed by atoms with van der Waals surface area (Å²) in [5.41, 5.74) is 6.82. The predicted molar refractivity (Wildman–Crippen MR) is 76.3 cm³/mol. The van der Waals surface area contributed by atoms with Crippen LogP contribution in [0.5, 0.6) is 0 Å². The molecule has 2 aromatic rings. The molecule has 0 saturated heterocycles. The molecule has 1 amide bonds. The first-order valence-corrected chi connectivity index (χ1v) is 6.31. The standard InChI is InChI=1S/C14H16N4O3/c1-21-14(20)11-4-2-10(3-5-11)8-16-13(19)9-18-7-6-12(15)17-18/h2-7H,8-9H2,1H3,(H2,15,17)(H,16,19). The van der Waals surface area contributed by atoms with Gasteiger partial charge in [0.15, 0.2) is 0 Å². The third-order valence-electron chi connectivity index (χ3n) is 2.83. The lowest BCUT2D eigenvalue weighted by Gasteiger charge is -2.06. The number of aromatic nitrogens is 2. The number of nitrogens with one attached hydrogen (secondary N) is 1. The average Bonchev–Trinajstić information content (AvgIpc) is 2.90. The summed E-state index contributed by atoms with van der Waals surface area (Å²) < 4.78 is 6.08. The Balaban J connectivity index is 1.85. The summed E-state index contributed by atoms with van der Waals surface area (Å²) in [6.07, 6.45) is 1.64. The van der Waals surface area contributed by atoms with Crippen LogP contribution >= 0.6 is 0 Å². The number of methoxy groups -OCH3 is 1. The van der Waals surface area contributed by atoms with Gasteiger partial charge in [-0.3, -0.25) is 9.48 Å². The summed E-state index contributed by atoms with van der Waals surface area (Å²) in [4.78, 5) is 23.0. The van der Waals surface area contributed by atoms with Gasteiger partial charge in [0.2, 0.25) is 5.91 Å². The van der Waals surface area contributed by atoms with Gasteiger partial charge in [0.05, 0.1) is 12.7 Å². The van der Waals surface area contributed by atoms with Crippen molar-refractivity contribution in [1.29, 1.82) is 0 Å². The van der Waals surface area contributed by atoms with Crippen molar-refractivity contribution in [3.63, 3.8) is 0 Å². The maximum absolute atomic E-state index is 11.7. The topological polar surface area (TPSA) is 99.2 Å². The lowest BCUT2D eigenvalue weighted by molar-refractivity contribution is -0.122. The van der Waals surface area contributed by atoms with Crippen molar-refractivity contribution < 1.29 is 14.3 Å². The SMILES string of the molecule is COC(=O)c1ccc(CNC(=O)Cn2ccc(N)n2)cc1. The zero-order chi connectivity index (χ0) is 15.2. The van der Waals surface area contributed by atoms with E-state index in [-0.39, 0.29) is 18.4 Å². The molecule has 0 fully saturated rings. The summed E-state index contributed by atoms with van der Waals surface area (Å²) in [6.45, 7) is 0.481. The van der Waals surface area contributed by atoms with Gasteiger partial charge in [0.1, 0.15) is 12.4 Å². The Morgan fingerprint density at radius 3 is 2.57 bits per heavy atom. The number of hydrogen-bond acceptors (Lipinski definition) is 5. The highest BCUT2D eigenvalue weighted by molar-refractivity contribution is 5.89. The largest absolute Gasteiger partial charge is 0.465 e. The number of nitrogens with zero attached hydrogens (tertiary/aromatic N) is 2. The number of anilines is 1. The van der Waals surface area contributed by atoms with Gasteiger partial charge in [-0.25, -0.2) is 4.79 Å². The predicted octanol–water partition coefficient (Wildman–Crippen LogP) is 0.568. The molecule has 3 N–H and O–H groups in total. The molecule has 110 valence electrons. The third kappa shape index (κ3) is 4.07. The monoisotopic (exact) mass is 288 g/mol. The zero-order valence-corrected chi connectivity index (χ0v) is 11.6. The molecule has 1 aromatic heterocycles. The van der Waals surface area contributed by atoms with Crippen LogP contribution in [-0.2, 0) is 22.6 Å². The molecule has 2 rings (SSSR count). The van der Waals surface area contributed by atoms with Crippen molar-refractivity contribution in [2.45, 2.75) is 13.1 Å². The summed E-state index contributed by atoms with van der Waals surface area (Å²) in [6, 6.07) is 8.46. The molecule has 0 atom stereocenters. The van der Waals surface area contributed by atoms with Crippen molar-refractivity contribution in [3.8, 4) is 0 Å². The number of rotatable bonds is 5. The summed E-state index contributed by atoms with van der Waals surface area (Å²) in [7, 11) is 1.33. The normalized spacial score (nSPS) is 10.1. The zero-order valence-electron chi connectivity index (χ0n) is 11.6. The van der Waals surface area contributed by atoms with E-state index in [0.29, 0.717) is 17.9 Å². The first-order chi connectivity index (χ1) is 10.1. The fourth-order valence-corrected chi connectivity index (χ4v) is 1.75. The van der Waals surface area contributed by atoms with E-state index in [1.807, 2.05) is 0 Å². The summed E-state index contributed by atoms with van der Waals surface area (Å²) >= 11 is 0. The molecule has 0 aliphatic rings. The van der Waals surface area contributed by atoms with Crippen molar-refractivity contribution in [2.24, 2.45) is 0 Å². The van der Waals surface area contributed by atoms with E-state index in [1.54, 1.807) is 36.5 Å². The minimum Gasteiger partial charge on any atom is -0.465 e. The van der Waals surface area contributed by atoms with Gasteiger partial charge >= 0.3 is 5.97 Å². The average molecular weight is 288 g/mol. The highest BCUT2D eigenvalue weighted by Crippen LogP contribution is 2.05. The molecule has 1 heterocycles. The fourth-order valence-electron chi connectivity index (χ4n) is 1.75. The van der Waals surface area contributed by atoms with Crippen LogP contribution in [0, 0.1) is 0 Å². The highest BCUT2D eigenvalue weighted by atomic mass is 16.5. The van der Waals surface area contributed by atoms with Crippen molar-refractivity contribution in [2.75, 3.05) is 12.8 Å². The van der Waals surface area contributed by atoms with E-state index >= 15 is 0 Å². The number of amides is 1. The Hall–Kier alpha value is -2.83. The van der Waals surface area contributed by atoms with Gasteiger partial charge in [-0.15, -0.1) is 0 Å². The number of nitrogens with two attached hydrogens (primary N) is 1. The molecule has 7 heteroatoms. The van der Waals surface area contributed by atoms with Crippen molar-refractivity contribution in [3.05, 3.63) is 47.7 Å². The quantitative estimate of drug-likeness (QED) is 0.783. The van der Waals surface area contributed by atoms with Gasteiger partial charge in [0.25, 0.3) is 0 Å². The number of benzene rings is 1. The van der Waals surface area contributed by atoms with Crippen LogP contribution in [0.25, 0.3) is 0 Å². The second-order valence-corrected chi connectivity index (χ2v) is 4.40. The maximum atomic E-state index is 11.7. The minimum absolute atomic E-state index is 0.109. The van der Waals surface area contributed by atoms with E-state index in [1.165, 1.54) is 11.8 Å². The second-order valence-electron chi connectivity index (χ2n) is 4.40. The number of carbonyl (C=O) groups excluding carboxylic acids is 2. The van der Waals surface area contributed by atoms with Crippen LogP contribution in [-0.4, -0.2) is 28.8 Å². The molecular weight excluding hydrogens is 272 g/mol. The van der Waals surface area contributed by atoms with Crippen molar-refractivity contribution in [1.82, 2.24) is 15.1 Å². The van der Waals surface area contributed by atoms with E-state index in [0.717, 1.165) is 5.56 Å². The molecular formula is C14H16N4O3. The van der Waals surface area contributed by atoms with E-state index < -0.39 is 0 Å². The summed E-state index contributed by atoms with van der Waals surface area (Å²) in [5.74, 6) is -0.182. The number of esters is 1. The Kier molecular flexibility index (Phi) is 4.55. The van der Waals surface area contributed by atoms with Crippen LogP contribution in [0.15, 0.2) is 36.5 Å². The highest BCUT2D eigenvalue weighted by Gasteiger charge is 2.06. The second kappa shape index (κ2) is 6.56. The Morgan fingerprint density at radius 1 is 1.29 bits per heavy atom. The van der Waals surface area contributed by atoms with Gasteiger partial charge in [-0.2, -0.15) is 5.10 Å². The Labute approximate surface area is 121 Å². The van der Waals surface area contributed by atoms with Crippen LogP contribution in [0.4, 0.5) is 5.82 Å². The van der Waals surface area contributed by atoms with Crippen LogP contribution in [0.2, 0.25) is 0 Å². The molecule has 0 unspecified atom stereocenters. The number of nitrogen functional groups attached to an aromatic ring is 1. The van der Waals surface area contributed by atoms with Gasteiger partial charge in [0, 0.05) is 12.7 Å². The first kappa shape index (κ1) is 14.6. The molecule has 1 aromatic carbocycles. The smallest absolute Gasteiger partial charge is 0.337 e. The van der Waals surface area contributed by atoms with E-state index in [4.69, 9.17) is 5.73 Å². The lowest BCUT2D eigenvalue weighted by atomic mass is 10.1. The van der Waals surface area contributed by atoms with Crippen LogP contribution in [0.1, 0.15) is 15.9 Å². The van der Waals surface area contributed by atoms with Crippen LogP contribution in [0.3, 0.4) is 0 Å². The molecule has 0 radical (unpaired) electrons. The molecule has 21 heavy (non-hydrogen) atoms. The summed E-state index contributed by atoms with van der Waals surface area (Å²) in [5, 5.41) is 6.69. The molecule has 0 saturated carbocycles. The molecule has 7 nitrogen and oxygen atoms in total. The number of ether oxygens (including phenoxy) is 1. The minimum atomic E-state index is -0.387. The third-order valence-corrected chi connectivity index (χ3v) is 2.83. The number of carbonyl (C=O) groups is 2. The van der Waals surface area contributed by atoms with Gasteiger partial charge in [-0.1, -0.05) is 12.1 Å². The van der Waals surface area contributed by atoms with Crippen LogP contribution < -0.4 is 11.1 Å². The first-order valence-electron chi connectivity index (χ1n) is 6.31. The Bertz CT molecular complexity index is 634. The van der Waals surface area contributed by atoms with Gasteiger partial charge in [-0.05, 0) is 23.8 Å². The van der Waals surface area contributed by atoms with E-state index in [2.05, 4.69) is 15.2 Å². The Morgan fingerprint density at radius 2 is 2.00 bits per heavy atom. The maximum Gasteiger partial charge on any atom is 0.337 e. The van der Waals surface area contributed by atoms with Gasteiger partial charge < -0.3 is 15.8 Å². The van der Waals surface area contributed by atoms with E-state index in [9.17, 15) is 9.59 Å². The molecule has 0 aliphatic heterocycles. The molecule has 0 bridgehead atoms. The molecule has 0 spiro atoms. The van der Waals surface area contributed by atoms with Crippen molar-refractivity contribution >= 4 is 17.7 Å². The molecule has 0 aliphatic carbocycles. The fraction of sp³-hybridized carbons (Fsp3) is 0.214.